The maximum Gasteiger partial charge on any atom is 0.316 e. The van der Waals surface area contributed by atoms with Crippen LogP contribution in [-0.4, -0.2) is 41.0 Å². The van der Waals surface area contributed by atoms with Crippen LogP contribution in [0.15, 0.2) is 30.3 Å². The van der Waals surface area contributed by atoms with Gasteiger partial charge in [0.2, 0.25) is 5.04 Å². The highest BCUT2D eigenvalue weighted by Crippen LogP contribution is 2.15. The summed E-state index contributed by atoms with van der Waals surface area (Å²) < 4.78 is 7.48. The molecule has 0 unspecified atom stereocenters. The number of thioether (sulfide) groups is 1. The van der Waals surface area contributed by atoms with E-state index >= 15 is 0 Å². The molecule has 1 aromatic rings. The maximum atomic E-state index is 11.6. The van der Waals surface area contributed by atoms with Crippen LogP contribution in [0, 0.1) is 0 Å². The molecule has 0 radical (unpaired) electrons. The van der Waals surface area contributed by atoms with Crippen molar-refractivity contribution in [3.63, 3.8) is 0 Å². The van der Waals surface area contributed by atoms with Crippen LogP contribution in [0.1, 0.15) is 31.7 Å². The van der Waals surface area contributed by atoms with E-state index in [1.807, 2.05) is 13.0 Å². The Bertz CT molecular complexity index is 477. The summed E-state index contributed by atoms with van der Waals surface area (Å²) in [4.78, 5) is 11.6. The first-order chi connectivity index (χ1) is 10.3. The zero-order chi connectivity index (χ0) is 14.9. The van der Waals surface area contributed by atoms with E-state index in [9.17, 15) is 4.79 Å². The lowest BCUT2D eigenvalue weighted by molar-refractivity contribution is -0.535. The van der Waals surface area contributed by atoms with Crippen molar-refractivity contribution in [2.24, 2.45) is 0 Å². The Balaban J connectivity index is 2.05. The highest BCUT2D eigenvalue weighted by Gasteiger charge is 2.20. The summed E-state index contributed by atoms with van der Waals surface area (Å²) in [7, 11) is 0. The van der Waals surface area contributed by atoms with Gasteiger partial charge in [-0.2, -0.15) is 0 Å². The van der Waals surface area contributed by atoms with Crippen LogP contribution in [0.3, 0.4) is 0 Å². The van der Waals surface area contributed by atoms with Crippen molar-refractivity contribution in [3.05, 3.63) is 35.9 Å². The number of hydrogen-bond acceptors (Lipinski definition) is 3. The Morgan fingerprint density at radius 2 is 1.90 bits per heavy atom. The van der Waals surface area contributed by atoms with Gasteiger partial charge < -0.3 is 4.74 Å². The number of carbonyl (C=O) groups excluding carboxylic acids is 1. The van der Waals surface area contributed by atoms with Crippen molar-refractivity contribution < 1.29 is 14.1 Å². The molecule has 2 rings (SSSR count). The van der Waals surface area contributed by atoms with Gasteiger partial charge in [-0.15, -0.1) is 0 Å². The first kappa shape index (κ1) is 16.1. The average molecular weight is 306 g/mol. The molecule has 0 atom stereocenters. The summed E-state index contributed by atoms with van der Waals surface area (Å²) in [6.07, 6.45) is 4.72. The highest BCUT2D eigenvalue weighted by molar-refractivity contribution is 8.14. The summed E-state index contributed by atoms with van der Waals surface area (Å²) >= 11 is 1.64. The summed E-state index contributed by atoms with van der Waals surface area (Å²) in [6.45, 7) is 4.52. The molecule has 0 aromatic heterocycles. The lowest BCUT2D eigenvalue weighted by Gasteiger charge is -2.14. The summed E-state index contributed by atoms with van der Waals surface area (Å²) in [5.74, 6) is 0.289. The zero-order valence-corrected chi connectivity index (χ0v) is 13.5. The van der Waals surface area contributed by atoms with Gasteiger partial charge in [0, 0.05) is 12.8 Å². The second kappa shape index (κ2) is 8.88. The molecule has 3 nitrogen and oxygen atoms in total. The molecule has 1 aliphatic heterocycles. The largest absolute Gasteiger partial charge is 0.465 e. The van der Waals surface area contributed by atoms with Crippen molar-refractivity contribution in [2.75, 3.05) is 25.4 Å². The van der Waals surface area contributed by atoms with E-state index in [2.05, 4.69) is 28.8 Å². The van der Waals surface area contributed by atoms with E-state index in [0.29, 0.717) is 12.4 Å². The maximum absolute atomic E-state index is 11.6. The van der Waals surface area contributed by atoms with E-state index in [1.165, 1.54) is 29.9 Å². The van der Waals surface area contributed by atoms with Crippen molar-refractivity contribution >= 4 is 22.8 Å². The van der Waals surface area contributed by atoms with Gasteiger partial charge in [0.05, 0.1) is 13.0 Å². The Morgan fingerprint density at radius 1 is 1.19 bits per heavy atom. The monoisotopic (exact) mass is 306 g/mol. The second-order valence-electron chi connectivity index (χ2n) is 5.20. The molecular weight excluding hydrogens is 282 g/mol. The number of nitrogens with zero attached hydrogens (tertiary/aromatic N) is 1. The fraction of sp³-hybridized carbons (Fsp3) is 0.529. The standard InChI is InChI=1S/C17H24NO2S/c1-2-20-17(19)14-21-16(18-11-7-4-8-12-18)13-15-9-5-3-6-10-15/h3,5-6,9-10H,2,4,7-8,11-14H2,1H3/q+1. The molecule has 0 N–H and O–H groups in total. The third-order valence-corrected chi connectivity index (χ3v) is 4.68. The number of esters is 1. The molecule has 1 aliphatic rings. The minimum absolute atomic E-state index is 0.120. The first-order valence-corrected chi connectivity index (χ1v) is 8.71. The van der Waals surface area contributed by atoms with Crippen LogP contribution in [0.5, 0.6) is 0 Å². The van der Waals surface area contributed by atoms with Crippen LogP contribution in [-0.2, 0) is 16.0 Å². The molecule has 21 heavy (non-hydrogen) atoms. The van der Waals surface area contributed by atoms with Crippen molar-refractivity contribution in [3.8, 4) is 0 Å². The SMILES string of the molecule is CCOC(=O)CSC(Cc1ccccc1)=[N+]1CCCCC1. The van der Waals surface area contributed by atoms with Crippen LogP contribution in [0.25, 0.3) is 0 Å². The Morgan fingerprint density at radius 3 is 2.57 bits per heavy atom. The molecule has 1 saturated heterocycles. The Kier molecular flexibility index (Phi) is 6.80. The highest BCUT2D eigenvalue weighted by atomic mass is 32.2. The molecule has 0 aliphatic carbocycles. The van der Waals surface area contributed by atoms with Gasteiger partial charge in [0.1, 0.15) is 18.8 Å². The molecule has 1 fully saturated rings. The smallest absolute Gasteiger partial charge is 0.316 e. The first-order valence-electron chi connectivity index (χ1n) is 7.72. The van der Waals surface area contributed by atoms with E-state index in [-0.39, 0.29) is 5.97 Å². The number of benzene rings is 1. The van der Waals surface area contributed by atoms with Gasteiger partial charge in [-0.05, 0) is 18.9 Å². The molecule has 1 aromatic carbocycles. The fourth-order valence-electron chi connectivity index (χ4n) is 2.51. The third-order valence-electron chi connectivity index (χ3n) is 3.57. The van der Waals surface area contributed by atoms with E-state index < -0.39 is 0 Å². The number of piperidine rings is 1. The van der Waals surface area contributed by atoms with Gasteiger partial charge in [-0.25, -0.2) is 4.58 Å². The van der Waals surface area contributed by atoms with Gasteiger partial charge in [0.25, 0.3) is 0 Å². The lowest BCUT2D eigenvalue weighted by Crippen LogP contribution is -2.27. The third kappa shape index (κ3) is 5.54. The van der Waals surface area contributed by atoms with Gasteiger partial charge in [-0.3, -0.25) is 4.79 Å². The molecule has 0 spiro atoms. The molecular formula is C17H24NO2S+. The van der Waals surface area contributed by atoms with E-state index in [0.717, 1.165) is 19.5 Å². The Labute approximate surface area is 131 Å². The molecule has 0 bridgehead atoms. The van der Waals surface area contributed by atoms with Crippen LogP contribution in [0.2, 0.25) is 0 Å². The minimum Gasteiger partial charge on any atom is -0.465 e. The van der Waals surface area contributed by atoms with E-state index in [4.69, 9.17) is 4.74 Å². The average Bonchev–Trinajstić information content (AvgIpc) is 2.53. The number of hydrogen-bond donors (Lipinski definition) is 0. The fourth-order valence-corrected chi connectivity index (χ4v) is 3.51. The molecule has 4 heteroatoms. The lowest BCUT2D eigenvalue weighted by atomic mass is 10.1. The van der Waals surface area contributed by atoms with Gasteiger partial charge in [-0.1, -0.05) is 42.1 Å². The predicted molar refractivity (Wildman–Crippen MR) is 88.1 cm³/mol. The summed E-state index contributed by atoms with van der Waals surface area (Å²) in [6, 6.07) is 10.5. The molecule has 114 valence electrons. The van der Waals surface area contributed by atoms with Crippen LogP contribution < -0.4 is 0 Å². The van der Waals surface area contributed by atoms with Gasteiger partial charge in [0.15, 0.2) is 0 Å². The summed E-state index contributed by atoms with van der Waals surface area (Å²) in [5.41, 5.74) is 1.30. The number of carbonyl (C=O) groups is 1. The predicted octanol–water partition coefficient (Wildman–Crippen LogP) is 3.12. The number of ether oxygens (including phenoxy) is 1. The van der Waals surface area contributed by atoms with Crippen molar-refractivity contribution in [2.45, 2.75) is 32.6 Å². The molecule has 0 amide bonds. The second-order valence-corrected chi connectivity index (χ2v) is 6.25. The van der Waals surface area contributed by atoms with Crippen molar-refractivity contribution in [1.82, 2.24) is 0 Å². The summed E-state index contributed by atoms with van der Waals surface area (Å²) in [5, 5.41) is 1.30. The quantitative estimate of drug-likeness (QED) is 0.475. The van der Waals surface area contributed by atoms with E-state index in [1.54, 1.807) is 11.8 Å². The topological polar surface area (TPSA) is 29.3 Å². The minimum atomic E-state index is -0.120. The number of rotatable bonds is 5. The molecule has 1 heterocycles. The zero-order valence-electron chi connectivity index (χ0n) is 12.7. The van der Waals surface area contributed by atoms with Gasteiger partial charge >= 0.3 is 5.97 Å². The van der Waals surface area contributed by atoms with Crippen LogP contribution >= 0.6 is 11.8 Å². The normalized spacial score (nSPS) is 14.8. The molecule has 0 saturated carbocycles. The Hall–Kier alpha value is -1.29. The van der Waals surface area contributed by atoms with Crippen LogP contribution in [0.4, 0.5) is 0 Å². The van der Waals surface area contributed by atoms with Crippen molar-refractivity contribution in [1.29, 1.82) is 0 Å².